The van der Waals surface area contributed by atoms with Gasteiger partial charge in [-0.1, -0.05) is 31.2 Å². The largest absolute Gasteiger partial charge is 0.462 e. The van der Waals surface area contributed by atoms with E-state index >= 15 is 0 Å². The van der Waals surface area contributed by atoms with E-state index in [1.807, 2.05) is 20.8 Å². The topological polar surface area (TPSA) is 76.5 Å². The number of benzene rings is 1. The molecule has 0 saturated heterocycles. The van der Waals surface area contributed by atoms with Crippen LogP contribution in [0.5, 0.6) is 0 Å². The molecule has 1 aromatic carbocycles. The van der Waals surface area contributed by atoms with Gasteiger partial charge in [-0.05, 0) is 37.5 Å². The fraction of sp³-hybridized carbons (Fsp3) is 0.389. The molecule has 0 aliphatic rings. The predicted molar refractivity (Wildman–Crippen MR) is 89.4 cm³/mol. The highest BCUT2D eigenvalue weighted by Crippen LogP contribution is 2.21. The number of hydrogen-bond donors (Lipinski definition) is 1. The summed E-state index contributed by atoms with van der Waals surface area (Å²) in [6.45, 7) is 5.62. The summed E-state index contributed by atoms with van der Waals surface area (Å²) < 4.78 is 10.0. The molecule has 0 atom stereocenters. The summed E-state index contributed by atoms with van der Waals surface area (Å²) in [6, 6.07) is 7.18. The second kappa shape index (κ2) is 8.88. The predicted octanol–water partition coefficient (Wildman–Crippen LogP) is 3.22. The first-order valence-electron chi connectivity index (χ1n) is 7.51. The summed E-state index contributed by atoms with van der Waals surface area (Å²) in [5.41, 5.74) is 1.11. The van der Waals surface area contributed by atoms with Crippen LogP contribution in [0.25, 0.3) is 6.08 Å². The smallest absolute Gasteiger partial charge is 0.330 e. The molecule has 0 bridgehead atoms. The number of esters is 2. The lowest BCUT2D eigenvalue weighted by Crippen LogP contribution is -2.27. The SMILES string of the molecule is CCC(C)(C)C(=O)OCCOC(=O)/C=C/c1ccc(C=N)cc1. The summed E-state index contributed by atoms with van der Waals surface area (Å²) in [7, 11) is 0. The molecular formula is C18H23NO4. The van der Waals surface area contributed by atoms with E-state index < -0.39 is 11.4 Å². The highest BCUT2D eigenvalue weighted by Gasteiger charge is 2.26. The molecule has 0 aliphatic heterocycles. The molecule has 0 heterocycles. The third kappa shape index (κ3) is 6.46. The van der Waals surface area contributed by atoms with Crippen LogP contribution in [-0.4, -0.2) is 31.4 Å². The summed E-state index contributed by atoms with van der Waals surface area (Å²) >= 11 is 0. The molecule has 1 rings (SSSR count). The van der Waals surface area contributed by atoms with E-state index in [-0.39, 0.29) is 19.2 Å². The molecule has 0 radical (unpaired) electrons. The van der Waals surface area contributed by atoms with E-state index in [2.05, 4.69) is 0 Å². The maximum absolute atomic E-state index is 11.7. The summed E-state index contributed by atoms with van der Waals surface area (Å²) in [6.07, 6.45) is 4.88. The van der Waals surface area contributed by atoms with Gasteiger partial charge in [0.05, 0.1) is 5.41 Å². The van der Waals surface area contributed by atoms with Crippen molar-refractivity contribution in [1.82, 2.24) is 0 Å². The zero-order chi connectivity index (χ0) is 17.3. The monoisotopic (exact) mass is 317 g/mol. The minimum Gasteiger partial charge on any atom is -0.462 e. The lowest BCUT2D eigenvalue weighted by Gasteiger charge is -2.20. The van der Waals surface area contributed by atoms with Crippen molar-refractivity contribution < 1.29 is 19.1 Å². The Morgan fingerprint density at radius 3 is 2.22 bits per heavy atom. The minimum absolute atomic E-state index is 0.0292. The van der Waals surface area contributed by atoms with Crippen molar-refractivity contribution in [3.05, 3.63) is 41.5 Å². The number of carbonyl (C=O) groups is 2. The van der Waals surface area contributed by atoms with Gasteiger partial charge in [-0.15, -0.1) is 0 Å². The van der Waals surface area contributed by atoms with Gasteiger partial charge < -0.3 is 14.9 Å². The Labute approximate surface area is 136 Å². The van der Waals surface area contributed by atoms with Crippen LogP contribution < -0.4 is 0 Å². The average molecular weight is 317 g/mol. The molecule has 5 nitrogen and oxygen atoms in total. The molecule has 0 spiro atoms. The maximum atomic E-state index is 11.7. The number of hydrogen-bond acceptors (Lipinski definition) is 5. The van der Waals surface area contributed by atoms with Gasteiger partial charge in [-0.3, -0.25) is 4.79 Å². The summed E-state index contributed by atoms with van der Waals surface area (Å²) in [5, 5.41) is 7.11. The molecule has 0 aromatic heterocycles. The van der Waals surface area contributed by atoms with Gasteiger partial charge in [0.2, 0.25) is 0 Å². The van der Waals surface area contributed by atoms with Gasteiger partial charge in [0.1, 0.15) is 13.2 Å². The van der Waals surface area contributed by atoms with Crippen molar-refractivity contribution in [3.8, 4) is 0 Å². The molecule has 0 amide bonds. The highest BCUT2D eigenvalue weighted by molar-refractivity contribution is 5.87. The Morgan fingerprint density at radius 2 is 1.65 bits per heavy atom. The van der Waals surface area contributed by atoms with Crippen LogP contribution in [0.4, 0.5) is 0 Å². The average Bonchev–Trinajstić information content (AvgIpc) is 2.57. The van der Waals surface area contributed by atoms with Gasteiger partial charge in [0.15, 0.2) is 0 Å². The quantitative estimate of drug-likeness (QED) is 0.346. The van der Waals surface area contributed by atoms with Gasteiger partial charge in [0.25, 0.3) is 0 Å². The molecule has 5 heteroatoms. The lowest BCUT2D eigenvalue weighted by molar-refractivity contribution is -0.157. The van der Waals surface area contributed by atoms with Crippen LogP contribution in [0.15, 0.2) is 30.3 Å². The normalized spacial score (nSPS) is 11.3. The van der Waals surface area contributed by atoms with Crippen LogP contribution in [0.1, 0.15) is 38.3 Å². The lowest BCUT2D eigenvalue weighted by atomic mass is 9.91. The van der Waals surface area contributed by atoms with Gasteiger partial charge in [-0.25, -0.2) is 4.79 Å². The molecule has 1 aromatic rings. The second-order valence-corrected chi connectivity index (χ2v) is 5.69. The molecule has 124 valence electrons. The molecule has 0 unspecified atom stereocenters. The molecule has 0 saturated carbocycles. The van der Waals surface area contributed by atoms with Crippen LogP contribution in [-0.2, 0) is 19.1 Å². The molecule has 23 heavy (non-hydrogen) atoms. The fourth-order valence-corrected chi connectivity index (χ4v) is 1.53. The third-order valence-electron chi connectivity index (χ3n) is 3.51. The van der Waals surface area contributed by atoms with E-state index in [0.717, 1.165) is 11.1 Å². The first kappa shape index (κ1) is 18.6. The Hall–Kier alpha value is -2.43. The van der Waals surface area contributed by atoms with Crippen LogP contribution in [0.3, 0.4) is 0 Å². The second-order valence-electron chi connectivity index (χ2n) is 5.69. The van der Waals surface area contributed by atoms with Crippen molar-refractivity contribution in [2.75, 3.05) is 13.2 Å². The standard InChI is InChI=1S/C18H23NO4/c1-4-18(2,3)17(21)23-12-11-22-16(20)10-9-14-5-7-15(13-19)8-6-14/h5-10,13,19H,4,11-12H2,1-3H3/b10-9+,19-13?. The van der Waals surface area contributed by atoms with Crippen molar-refractivity contribution in [2.45, 2.75) is 27.2 Å². The van der Waals surface area contributed by atoms with Crippen molar-refractivity contribution in [1.29, 1.82) is 5.41 Å². The van der Waals surface area contributed by atoms with Crippen LogP contribution in [0, 0.1) is 10.8 Å². The maximum Gasteiger partial charge on any atom is 0.330 e. The van der Waals surface area contributed by atoms with E-state index in [0.29, 0.717) is 6.42 Å². The van der Waals surface area contributed by atoms with Crippen molar-refractivity contribution in [2.24, 2.45) is 5.41 Å². The van der Waals surface area contributed by atoms with E-state index in [4.69, 9.17) is 14.9 Å². The van der Waals surface area contributed by atoms with E-state index in [9.17, 15) is 9.59 Å². The van der Waals surface area contributed by atoms with Crippen molar-refractivity contribution >= 4 is 24.2 Å². The van der Waals surface area contributed by atoms with Gasteiger partial charge in [-0.2, -0.15) is 0 Å². The van der Waals surface area contributed by atoms with Gasteiger partial charge >= 0.3 is 11.9 Å². The fourth-order valence-electron chi connectivity index (χ4n) is 1.53. The first-order chi connectivity index (χ1) is 10.9. The molecule has 0 fully saturated rings. The Bertz CT molecular complexity index is 573. The van der Waals surface area contributed by atoms with Crippen LogP contribution in [0.2, 0.25) is 0 Å². The van der Waals surface area contributed by atoms with Gasteiger partial charge in [0, 0.05) is 12.3 Å². The first-order valence-corrected chi connectivity index (χ1v) is 7.51. The number of nitrogens with one attached hydrogen (secondary N) is 1. The zero-order valence-corrected chi connectivity index (χ0v) is 13.8. The zero-order valence-electron chi connectivity index (χ0n) is 13.8. The number of ether oxygens (including phenoxy) is 2. The summed E-state index contributed by atoms with van der Waals surface area (Å²) in [5.74, 6) is -0.787. The van der Waals surface area contributed by atoms with E-state index in [1.54, 1.807) is 30.3 Å². The number of rotatable bonds is 8. The Morgan fingerprint density at radius 1 is 1.09 bits per heavy atom. The van der Waals surface area contributed by atoms with Crippen molar-refractivity contribution in [3.63, 3.8) is 0 Å². The van der Waals surface area contributed by atoms with E-state index in [1.165, 1.54) is 12.3 Å². The number of carbonyl (C=O) groups excluding carboxylic acids is 2. The highest BCUT2D eigenvalue weighted by atomic mass is 16.6. The molecule has 0 aliphatic carbocycles. The van der Waals surface area contributed by atoms with Crippen LogP contribution >= 0.6 is 0 Å². The Kier molecular flexibility index (Phi) is 7.19. The third-order valence-corrected chi connectivity index (χ3v) is 3.51. The molecular weight excluding hydrogens is 294 g/mol. The summed E-state index contributed by atoms with van der Waals surface area (Å²) in [4.78, 5) is 23.3. The molecule has 1 N–H and O–H groups in total. The minimum atomic E-state index is -0.521. The Balaban J connectivity index is 2.32.